The van der Waals surface area contributed by atoms with Crippen molar-refractivity contribution in [1.82, 2.24) is 10.6 Å². The highest BCUT2D eigenvalue weighted by Crippen LogP contribution is 2.39. The summed E-state index contributed by atoms with van der Waals surface area (Å²) in [6.45, 7) is 3.96. The first-order valence-corrected chi connectivity index (χ1v) is 10.3. The van der Waals surface area contributed by atoms with E-state index in [4.69, 9.17) is 0 Å². The quantitative estimate of drug-likeness (QED) is 0.454. The molecule has 0 radical (unpaired) electrons. The Hall–Kier alpha value is -0.820. The third kappa shape index (κ3) is 7.45. The van der Waals surface area contributed by atoms with E-state index in [1.807, 2.05) is 6.92 Å². The van der Waals surface area contributed by atoms with Gasteiger partial charge in [0.15, 0.2) is 5.96 Å². The van der Waals surface area contributed by atoms with Crippen LogP contribution in [0.1, 0.15) is 45.4 Å². The van der Waals surface area contributed by atoms with Gasteiger partial charge in [-0.1, -0.05) is 19.3 Å². The molecule has 0 unspecified atom stereocenters. The van der Waals surface area contributed by atoms with Crippen LogP contribution in [0.5, 0.6) is 0 Å². The van der Waals surface area contributed by atoms with E-state index in [0.29, 0.717) is 19.0 Å². The van der Waals surface area contributed by atoms with Crippen LogP contribution in [0.15, 0.2) is 4.99 Å². The Labute approximate surface area is 134 Å². The van der Waals surface area contributed by atoms with Gasteiger partial charge in [0.25, 0.3) is 0 Å². The molecule has 3 N–H and O–H groups in total. The molecule has 130 valence electrons. The lowest BCUT2D eigenvalue weighted by Gasteiger charge is -2.35. The van der Waals surface area contributed by atoms with Gasteiger partial charge in [0.05, 0.1) is 5.75 Å². The molecule has 22 heavy (non-hydrogen) atoms. The fourth-order valence-electron chi connectivity index (χ4n) is 2.97. The van der Waals surface area contributed by atoms with Crippen LogP contribution in [0.25, 0.3) is 0 Å². The van der Waals surface area contributed by atoms with Crippen LogP contribution >= 0.6 is 0 Å². The van der Waals surface area contributed by atoms with E-state index in [-0.39, 0.29) is 17.8 Å². The fraction of sp³-hybridized carbons (Fsp3) is 0.933. The van der Waals surface area contributed by atoms with Crippen LogP contribution in [0.2, 0.25) is 0 Å². The van der Waals surface area contributed by atoms with Gasteiger partial charge in [0, 0.05) is 32.5 Å². The number of sulfone groups is 1. The summed E-state index contributed by atoms with van der Waals surface area (Å²) < 4.78 is 22.4. The zero-order chi connectivity index (χ0) is 16.5. The molecule has 0 aromatic carbocycles. The molecule has 0 aliphatic heterocycles. The van der Waals surface area contributed by atoms with Gasteiger partial charge in [0.1, 0.15) is 9.84 Å². The monoisotopic (exact) mass is 333 g/mol. The summed E-state index contributed by atoms with van der Waals surface area (Å²) >= 11 is 0. The van der Waals surface area contributed by atoms with Gasteiger partial charge in [-0.15, -0.1) is 0 Å². The maximum absolute atomic E-state index is 11.2. The first kappa shape index (κ1) is 19.2. The summed E-state index contributed by atoms with van der Waals surface area (Å²) in [5.74, 6) is 0.758. The summed E-state index contributed by atoms with van der Waals surface area (Å²) in [6.07, 6.45) is 7.92. The van der Waals surface area contributed by atoms with Crippen molar-refractivity contribution < 1.29 is 13.5 Å². The largest absolute Gasteiger partial charge is 0.396 e. The number of nitrogens with one attached hydrogen (secondary N) is 2. The summed E-state index contributed by atoms with van der Waals surface area (Å²) in [5, 5.41) is 15.6. The number of hydrogen-bond donors (Lipinski definition) is 3. The fourth-order valence-corrected chi connectivity index (χ4v) is 3.44. The molecular formula is C15H31N3O3S. The Bertz CT molecular complexity index is 437. The average Bonchev–Trinajstić information content (AvgIpc) is 2.45. The van der Waals surface area contributed by atoms with Gasteiger partial charge in [0.2, 0.25) is 0 Å². The highest BCUT2D eigenvalue weighted by molar-refractivity contribution is 7.90. The molecule has 0 saturated heterocycles. The molecule has 7 heteroatoms. The number of aliphatic hydroxyl groups is 1. The number of rotatable bonds is 8. The van der Waals surface area contributed by atoms with E-state index in [9.17, 15) is 13.5 Å². The lowest BCUT2D eigenvalue weighted by Crippen LogP contribution is -2.40. The Balaban J connectivity index is 2.61. The van der Waals surface area contributed by atoms with E-state index in [0.717, 1.165) is 25.8 Å². The van der Waals surface area contributed by atoms with E-state index in [1.54, 1.807) is 0 Å². The second-order valence-electron chi connectivity index (χ2n) is 6.29. The molecule has 0 aromatic heterocycles. The number of aliphatic hydroxyl groups excluding tert-OH is 1. The minimum absolute atomic E-state index is 0.0964. The van der Waals surface area contributed by atoms with Gasteiger partial charge in [-0.25, -0.2) is 8.42 Å². The van der Waals surface area contributed by atoms with Gasteiger partial charge in [-0.3, -0.25) is 4.99 Å². The number of nitrogens with zero attached hydrogens (tertiary/aromatic N) is 1. The maximum Gasteiger partial charge on any atom is 0.191 e. The third-order valence-electron chi connectivity index (χ3n) is 4.24. The molecule has 1 aliphatic carbocycles. The zero-order valence-electron chi connectivity index (χ0n) is 13.9. The molecule has 0 heterocycles. The molecule has 0 amide bonds. The van der Waals surface area contributed by atoms with Crippen LogP contribution in [-0.2, 0) is 9.84 Å². The number of hydrogen-bond acceptors (Lipinski definition) is 4. The smallest absolute Gasteiger partial charge is 0.191 e. The average molecular weight is 333 g/mol. The van der Waals surface area contributed by atoms with Crippen LogP contribution < -0.4 is 10.6 Å². The van der Waals surface area contributed by atoms with Crippen LogP contribution in [0, 0.1) is 5.41 Å². The first-order valence-electron chi connectivity index (χ1n) is 8.21. The minimum Gasteiger partial charge on any atom is -0.396 e. The molecule has 0 atom stereocenters. The summed E-state index contributed by atoms with van der Waals surface area (Å²) in [4.78, 5) is 4.64. The van der Waals surface area contributed by atoms with E-state index in [2.05, 4.69) is 15.6 Å². The van der Waals surface area contributed by atoms with Crippen LogP contribution in [-0.4, -0.2) is 57.7 Å². The van der Waals surface area contributed by atoms with E-state index in [1.165, 1.54) is 25.5 Å². The van der Waals surface area contributed by atoms with Gasteiger partial charge < -0.3 is 15.7 Å². The van der Waals surface area contributed by atoms with Gasteiger partial charge in [-0.2, -0.15) is 0 Å². The van der Waals surface area contributed by atoms with Crippen molar-refractivity contribution in [3.63, 3.8) is 0 Å². The molecular weight excluding hydrogens is 302 g/mol. The molecule has 1 aliphatic rings. The normalized spacial score (nSPS) is 19.0. The van der Waals surface area contributed by atoms with Crippen molar-refractivity contribution in [2.45, 2.75) is 45.4 Å². The van der Waals surface area contributed by atoms with E-state index >= 15 is 0 Å². The van der Waals surface area contributed by atoms with Crippen molar-refractivity contribution in [3.05, 3.63) is 0 Å². The Morgan fingerprint density at radius 3 is 2.45 bits per heavy atom. The van der Waals surface area contributed by atoms with Crippen molar-refractivity contribution in [2.24, 2.45) is 10.4 Å². The SMILES string of the molecule is CCNC(=NCC1(CCO)CCCCC1)NCCS(C)(=O)=O. The number of aliphatic imine (C=N–C) groups is 1. The lowest BCUT2D eigenvalue weighted by molar-refractivity contribution is 0.137. The van der Waals surface area contributed by atoms with Crippen LogP contribution in [0.3, 0.4) is 0 Å². The molecule has 0 bridgehead atoms. The van der Waals surface area contributed by atoms with Crippen molar-refractivity contribution in [3.8, 4) is 0 Å². The Morgan fingerprint density at radius 1 is 1.23 bits per heavy atom. The predicted octanol–water partition coefficient (Wildman–Crippen LogP) is 0.919. The third-order valence-corrected chi connectivity index (χ3v) is 5.18. The Morgan fingerprint density at radius 2 is 1.91 bits per heavy atom. The summed E-state index contributed by atoms with van der Waals surface area (Å²) in [5.41, 5.74) is 0.103. The molecule has 1 saturated carbocycles. The molecule has 6 nitrogen and oxygen atoms in total. The highest BCUT2D eigenvalue weighted by atomic mass is 32.2. The van der Waals surface area contributed by atoms with Gasteiger partial charge >= 0.3 is 0 Å². The predicted molar refractivity (Wildman–Crippen MR) is 90.9 cm³/mol. The highest BCUT2D eigenvalue weighted by Gasteiger charge is 2.31. The first-order chi connectivity index (χ1) is 10.4. The minimum atomic E-state index is -2.97. The number of guanidine groups is 1. The topological polar surface area (TPSA) is 90.8 Å². The standard InChI is InChI=1S/C15H31N3O3S/c1-3-16-14(17-10-12-22(2,20)21)18-13-15(9-11-19)7-5-4-6-8-15/h19H,3-13H2,1-2H3,(H2,16,17,18). The molecule has 0 spiro atoms. The second-order valence-corrected chi connectivity index (χ2v) is 8.55. The van der Waals surface area contributed by atoms with Crippen molar-refractivity contribution in [1.29, 1.82) is 0 Å². The Kier molecular flexibility index (Phi) is 8.17. The molecule has 1 fully saturated rings. The van der Waals surface area contributed by atoms with Gasteiger partial charge in [-0.05, 0) is 31.6 Å². The summed E-state index contributed by atoms with van der Waals surface area (Å²) in [7, 11) is -2.97. The maximum atomic E-state index is 11.2. The van der Waals surface area contributed by atoms with E-state index < -0.39 is 9.84 Å². The van der Waals surface area contributed by atoms with Crippen molar-refractivity contribution in [2.75, 3.05) is 38.2 Å². The molecule has 1 rings (SSSR count). The zero-order valence-corrected chi connectivity index (χ0v) is 14.7. The summed E-state index contributed by atoms with van der Waals surface area (Å²) in [6, 6.07) is 0. The molecule has 0 aromatic rings. The van der Waals surface area contributed by atoms with Crippen molar-refractivity contribution >= 4 is 15.8 Å². The lowest BCUT2D eigenvalue weighted by atomic mass is 9.72. The second kappa shape index (κ2) is 9.35. The van der Waals surface area contributed by atoms with Crippen LogP contribution in [0.4, 0.5) is 0 Å².